The van der Waals surface area contributed by atoms with Gasteiger partial charge < -0.3 is 20.2 Å². The first kappa shape index (κ1) is 17.8. The van der Waals surface area contributed by atoms with Crippen LogP contribution in [-0.2, 0) is 4.79 Å². The van der Waals surface area contributed by atoms with Gasteiger partial charge in [0.25, 0.3) is 0 Å². The molecule has 2 atom stereocenters. The van der Waals surface area contributed by atoms with Crippen molar-refractivity contribution in [3.05, 3.63) is 0 Å². The van der Waals surface area contributed by atoms with Crippen LogP contribution < -0.4 is 5.32 Å². The lowest BCUT2D eigenvalue weighted by atomic mass is 10.0. The van der Waals surface area contributed by atoms with Crippen molar-refractivity contribution >= 4 is 12.0 Å². The van der Waals surface area contributed by atoms with Crippen molar-refractivity contribution in [2.75, 3.05) is 33.2 Å². The first-order valence-corrected chi connectivity index (χ1v) is 7.88. The summed E-state index contributed by atoms with van der Waals surface area (Å²) in [7, 11) is 2.07. The summed E-state index contributed by atoms with van der Waals surface area (Å²) in [5.41, 5.74) is 0. The molecule has 2 unspecified atom stereocenters. The molecule has 0 saturated carbocycles. The minimum Gasteiger partial charge on any atom is -0.481 e. The van der Waals surface area contributed by atoms with Crippen molar-refractivity contribution < 1.29 is 14.7 Å². The zero-order valence-corrected chi connectivity index (χ0v) is 13.5. The summed E-state index contributed by atoms with van der Waals surface area (Å²) < 4.78 is 0. The normalized spacial score (nSPS) is 19.8. The maximum absolute atomic E-state index is 12.0. The lowest BCUT2D eigenvalue weighted by molar-refractivity contribution is -0.137. The predicted molar refractivity (Wildman–Crippen MR) is 82.3 cm³/mol. The molecule has 122 valence electrons. The highest BCUT2D eigenvalue weighted by Crippen LogP contribution is 2.20. The third-order valence-electron chi connectivity index (χ3n) is 4.42. The molecule has 6 heteroatoms. The van der Waals surface area contributed by atoms with Crippen molar-refractivity contribution in [2.24, 2.45) is 5.92 Å². The Bertz CT molecular complexity index is 349. The predicted octanol–water partition coefficient (Wildman–Crippen LogP) is 1.61. The number of nitrogens with zero attached hydrogens (tertiary/aromatic N) is 2. The topological polar surface area (TPSA) is 72.9 Å². The standard InChI is InChI=1S/C15H29N3O3/c1-4-12(2)17(3)10-8-16-15(21)18-9-7-13(11-18)5-6-14(19)20/h12-13H,4-11H2,1-3H3,(H,16,21)(H,19,20). The van der Waals surface area contributed by atoms with E-state index in [1.165, 1.54) is 0 Å². The molecule has 2 N–H and O–H groups in total. The van der Waals surface area contributed by atoms with Crippen LogP contribution in [-0.4, -0.2) is 66.2 Å². The third kappa shape index (κ3) is 6.33. The molecule has 0 radical (unpaired) electrons. The first-order chi connectivity index (χ1) is 9.93. The Morgan fingerprint density at radius 1 is 1.48 bits per heavy atom. The molecule has 0 aliphatic carbocycles. The Morgan fingerprint density at radius 3 is 2.81 bits per heavy atom. The Kier molecular flexibility index (Phi) is 7.50. The maximum Gasteiger partial charge on any atom is 0.317 e. The van der Waals surface area contributed by atoms with E-state index in [1.54, 1.807) is 4.90 Å². The number of hydrogen-bond acceptors (Lipinski definition) is 3. The van der Waals surface area contributed by atoms with Crippen molar-refractivity contribution in [3.63, 3.8) is 0 Å². The summed E-state index contributed by atoms with van der Waals surface area (Å²) in [5, 5.41) is 11.6. The molecule has 1 aliphatic rings. The van der Waals surface area contributed by atoms with Crippen molar-refractivity contribution in [2.45, 2.75) is 45.6 Å². The van der Waals surface area contributed by atoms with Gasteiger partial charge in [0.15, 0.2) is 0 Å². The zero-order chi connectivity index (χ0) is 15.8. The number of urea groups is 1. The molecule has 0 bridgehead atoms. The van der Waals surface area contributed by atoms with Gasteiger partial charge in [0.05, 0.1) is 0 Å². The Balaban J connectivity index is 2.20. The number of nitrogens with one attached hydrogen (secondary N) is 1. The molecule has 1 aliphatic heterocycles. The van der Waals surface area contributed by atoms with Crippen molar-refractivity contribution in [1.29, 1.82) is 0 Å². The Hall–Kier alpha value is -1.30. The lowest BCUT2D eigenvalue weighted by Crippen LogP contribution is -2.42. The smallest absolute Gasteiger partial charge is 0.317 e. The molecule has 0 aromatic rings. The van der Waals surface area contributed by atoms with Crippen LogP contribution in [0.4, 0.5) is 4.79 Å². The molecule has 6 nitrogen and oxygen atoms in total. The minimum absolute atomic E-state index is 0.0228. The number of carbonyl (C=O) groups is 2. The van der Waals surface area contributed by atoms with E-state index in [9.17, 15) is 9.59 Å². The number of rotatable bonds is 8. The highest BCUT2D eigenvalue weighted by atomic mass is 16.4. The Morgan fingerprint density at radius 2 is 2.19 bits per heavy atom. The summed E-state index contributed by atoms with van der Waals surface area (Å²) in [5.74, 6) is -0.430. The van der Waals surface area contributed by atoms with Gasteiger partial charge in [0, 0.05) is 38.6 Å². The average molecular weight is 299 g/mol. The van der Waals surface area contributed by atoms with E-state index in [0.29, 0.717) is 31.5 Å². The molecule has 0 spiro atoms. The highest BCUT2D eigenvalue weighted by Gasteiger charge is 2.26. The highest BCUT2D eigenvalue weighted by molar-refractivity contribution is 5.74. The van der Waals surface area contributed by atoms with E-state index in [2.05, 4.69) is 31.1 Å². The van der Waals surface area contributed by atoms with E-state index in [4.69, 9.17) is 5.11 Å². The number of likely N-dealkylation sites (N-methyl/N-ethyl adjacent to an activating group) is 1. The monoisotopic (exact) mass is 299 g/mol. The first-order valence-electron chi connectivity index (χ1n) is 7.88. The van der Waals surface area contributed by atoms with Crippen LogP contribution in [0.25, 0.3) is 0 Å². The van der Waals surface area contributed by atoms with Gasteiger partial charge in [-0.1, -0.05) is 6.92 Å². The number of hydrogen-bond donors (Lipinski definition) is 2. The fraction of sp³-hybridized carbons (Fsp3) is 0.867. The Labute approximate surface area is 127 Å². The van der Waals surface area contributed by atoms with Gasteiger partial charge in [-0.2, -0.15) is 0 Å². The number of carboxylic acids is 1. The molecular formula is C15H29N3O3. The van der Waals surface area contributed by atoms with Crippen LogP contribution in [0.2, 0.25) is 0 Å². The quantitative estimate of drug-likeness (QED) is 0.714. The van der Waals surface area contributed by atoms with Gasteiger partial charge in [0.1, 0.15) is 0 Å². The number of aliphatic carboxylic acids is 1. The molecule has 2 amide bonds. The van der Waals surface area contributed by atoms with Crippen LogP contribution in [0.3, 0.4) is 0 Å². The second-order valence-corrected chi connectivity index (χ2v) is 6.00. The number of carbonyl (C=O) groups excluding carboxylic acids is 1. The van der Waals surface area contributed by atoms with Crippen LogP contribution >= 0.6 is 0 Å². The van der Waals surface area contributed by atoms with Gasteiger partial charge in [-0.15, -0.1) is 0 Å². The fourth-order valence-corrected chi connectivity index (χ4v) is 2.56. The summed E-state index contributed by atoms with van der Waals surface area (Å²) in [4.78, 5) is 26.6. The molecule has 1 saturated heterocycles. The van der Waals surface area contributed by atoms with Crippen LogP contribution in [0.5, 0.6) is 0 Å². The van der Waals surface area contributed by atoms with E-state index in [0.717, 1.165) is 25.9 Å². The van der Waals surface area contributed by atoms with Gasteiger partial charge in [-0.25, -0.2) is 4.79 Å². The van der Waals surface area contributed by atoms with Crippen LogP contribution in [0.1, 0.15) is 39.5 Å². The number of amides is 2. The summed E-state index contributed by atoms with van der Waals surface area (Å²) >= 11 is 0. The SMILES string of the molecule is CCC(C)N(C)CCNC(=O)N1CCC(CCC(=O)O)C1. The molecule has 21 heavy (non-hydrogen) atoms. The maximum atomic E-state index is 12.0. The van der Waals surface area contributed by atoms with Gasteiger partial charge in [-0.3, -0.25) is 4.79 Å². The number of carboxylic acid groups (broad SMARTS) is 1. The summed E-state index contributed by atoms with van der Waals surface area (Å²) in [6, 6.07) is 0.500. The molecular weight excluding hydrogens is 270 g/mol. The largest absolute Gasteiger partial charge is 0.481 e. The number of likely N-dealkylation sites (tertiary alicyclic amines) is 1. The lowest BCUT2D eigenvalue weighted by Gasteiger charge is -2.24. The molecule has 1 rings (SSSR count). The van der Waals surface area contributed by atoms with Crippen LogP contribution in [0, 0.1) is 5.92 Å². The van der Waals surface area contributed by atoms with E-state index < -0.39 is 5.97 Å². The van der Waals surface area contributed by atoms with Gasteiger partial charge in [-0.05, 0) is 39.2 Å². The second-order valence-electron chi connectivity index (χ2n) is 6.00. The minimum atomic E-state index is -0.758. The second kappa shape index (κ2) is 8.87. The van der Waals surface area contributed by atoms with Gasteiger partial charge >= 0.3 is 12.0 Å². The van der Waals surface area contributed by atoms with Crippen LogP contribution in [0.15, 0.2) is 0 Å². The summed E-state index contributed by atoms with van der Waals surface area (Å²) in [6.07, 6.45) is 2.87. The zero-order valence-electron chi connectivity index (χ0n) is 13.5. The fourth-order valence-electron chi connectivity index (χ4n) is 2.56. The van der Waals surface area contributed by atoms with Crippen molar-refractivity contribution in [1.82, 2.24) is 15.1 Å². The van der Waals surface area contributed by atoms with E-state index >= 15 is 0 Å². The molecule has 1 fully saturated rings. The van der Waals surface area contributed by atoms with E-state index in [-0.39, 0.29) is 12.5 Å². The van der Waals surface area contributed by atoms with Gasteiger partial charge in [0.2, 0.25) is 0 Å². The summed E-state index contributed by atoms with van der Waals surface area (Å²) in [6.45, 7) is 7.24. The molecule has 1 heterocycles. The van der Waals surface area contributed by atoms with Crippen molar-refractivity contribution in [3.8, 4) is 0 Å². The average Bonchev–Trinajstić information content (AvgIpc) is 2.92. The van der Waals surface area contributed by atoms with E-state index in [1.807, 2.05) is 0 Å². The third-order valence-corrected chi connectivity index (χ3v) is 4.42. The molecule has 0 aromatic heterocycles. The molecule has 0 aromatic carbocycles.